The Hall–Kier alpha value is -1.82. The van der Waals surface area contributed by atoms with E-state index in [1.165, 1.54) is 30.6 Å². The van der Waals surface area contributed by atoms with Crippen molar-refractivity contribution in [1.29, 1.82) is 0 Å². The van der Waals surface area contributed by atoms with Gasteiger partial charge >= 0.3 is 0 Å². The quantitative estimate of drug-likeness (QED) is 0.860. The van der Waals surface area contributed by atoms with Gasteiger partial charge in [-0.2, -0.15) is 0 Å². The van der Waals surface area contributed by atoms with Gasteiger partial charge in [-0.25, -0.2) is 4.98 Å². The molecule has 4 saturated carbocycles. The van der Waals surface area contributed by atoms with E-state index in [0.717, 1.165) is 58.7 Å². The second-order valence-electron chi connectivity index (χ2n) is 8.63. The summed E-state index contributed by atoms with van der Waals surface area (Å²) >= 11 is 1.52. The van der Waals surface area contributed by atoms with Crippen LogP contribution in [0.3, 0.4) is 0 Å². The van der Waals surface area contributed by atoms with Gasteiger partial charge in [-0.15, -0.1) is 0 Å². The Bertz CT molecular complexity index is 828. The van der Waals surface area contributed by atoms with E-state index in [1.807, 2.05) is 12.1 Å². The predicted molar refractivity (Wildman–Crippen MR) is 99.8 cm³/mol. The van der Waals surface area contributed by atoms with Crippen molar-refractivity contribution in [3.63, 3.8) is 0 Å². The van der Waals surface area contributed by atoms with Crippen molar-refractivity contribution in [3.8, 4) is 11.5 Å². The van der Waals surface area contributed by atoms with Gasteiger partial charge in [-0.1, -0.05) is 11.3 Å². The summed E-state index contributed by atoms with van der Waals surface area (Å²) in [4.78, 5) is 17.8. The highest BCUT2D eigenvalue weighted by atomic mass is 32.1. The largest absolute Gasteiger partial charge is 0.486 e. The number of nitrogens with one attached hydrogen (secondary N) is 1. The Morgan fingerprint density at radius 1 is 1.04 bits per heavy atom. The van der Waals surface area contributed by atoms with Crippen LogP contribution < -0.4 is 14.8 Å². The number of nitrogens with zero attached hydrogens (tertiary/aromatic N) is 1. The number of rotatable bonds is 2. The van der Waals surface area contributed by atoms with Gasteiger partial charge < -0.3 is 14.8 Å². The highest BCUT2D eigenvalue weighted by Crippen LogP contribution is 2.60. The fourth-order valence-corrected chi connectivity index (χ4v) is 7.01. The van der Waals surface area contributed by atoms with E-state index in [1.54, 1.807) is 0 Å². The van der Waals surface area contributed by atoms with Crippen molar-refractivity contribution in [2.24, 2.45) is 23.2 Å². The van der Waals surface area contributed by atoms with E-state index < -0.39 is 0 Å². The summed E-state index contributed by atoms with van der Waals surface area (Å²) < 4.78 is 12.3. The molecule has 1 N–H and O–H groups in total. The van der Waals surface area contributed by atoms with Crippen LogP contribution in [0.5, 0.6) is 11.5 Å². The number of benzene rings is 1. The molecular formula is C20H22N2O3S. The van der Waals surface area contributed by atoms with E-state index in [2.05, 4.69) is 10.3 Å². The zero-order valence-electron chi connectivity index (χ0n) is 14.6. The smallest absolute Gasteiger partial charge is 0.232 e. The van der Waals surface area contributed by atoms with Crippen molar-refractivity contribution < 1.29 is 14.3 Å². The van der Waals surface area contributed by atoms with Gasteiger partial charge in [0.25, 0.3) is 0 Å². The Balaban J connectivity index is 1.28. The van der Waals surface area contributed by atoms with Gasteiger partial charge in [0, 0.05) is 12.1 Å². The summed E-state index contributed by atoms with van der Waals surface area (Å²) in [7, 11) is 0. The molecule has 1 aromatic heterocycles. The number of anilines is 1. The van der Waals surface area contributed by atoms with Crippen molar-refractivity contribution in [2.45, 2.75) is 38.5 Å². The van der Waals surface area contributed by atoms with E-state index in [-0.39, 0.29) is 11.3 Å². The van der Waals surface area contributed by atoms with E-state index in [0.29, 0.717) is 18.3 Å². The molecule has 7 rings (SSSR count). The van der Waals surface area contributed by atoms with Crippen LogP contribution in [0.1, 0.15) is 38.5 Å². The number of hydrogen-bond donors (Lipinski definition) is 1. The highest BCUT2D eigenvalue weighted by Gasteiger charge is 2.54. The lowest BCUT2D eigenvalue weighted by atomic mass is 9.49. The molecule has 0 radical (unpaired) electrons. The summed E-state index contributed by atoms with van der Waals surface area (Å²) in [5.74, 6) is 4.02. The van der Waals surface area contributed by atoms with Crippen molar-refractivity contribution in [3.05, 3.63) is 12.1 Å². The van der Waals surface area contributed by atoms with Crippen LogP contribution in [0.2, 0.25) is 0 Å². The molecule has 1 amide bonds. The average Bonchev–Trinajstić information content (AvgIpc) is 2.99. The lowest BCUT2D eigenvalue weighted by Crippen LogP contribution is -2.51. The zero-order valence-corrected chi connectivity index (χ0v) is 15.4. The first-order valence-corrected chi connectivity index (χ1v) is 10.5. The number of amides is 1. The molecule has 0 unspecified atom stereocenters. The topological polar surface area (TPSA) is 60.5 Å². The second-order valence-corrected chi connectivity index (χ2v) is 9.67. The molecule has 0 saturated heterocycles. The van der Waals surface area contributed by atoms with E-state index in [9.17, 15) is 4.79 Å². The predicted octanol–water partition coefficient (Wildman–Crippen LogP) is 4.22. The first kappa shape index (κ1) is 15.3. The SMILES string of the molecule is O=C(Nc1nc2cc3c(cc2s1)OCCO3)C12CC3CC(CC(C3)C1)C2. The summed E-state index contributed by atoms with van der Waals surface area (Å²) in [6.45, 7) is 1.14. The number of carbonyl (C=O) groups excluding carboxylic acids is 1. The fourth-order valence-electron chi connectivity index (χ4n) is 6.14. The summed E-state index contributed by atoms with van der Waals surface area (Å²) in [6.07, 6.45) is 7.26. The molecule has 4 fully saturated rings. The maximum absolute atomic E-state index is 13.2. The molecule has 5 nitrogen and oxygen atoms in total. The van der Waals surface area contributed by atoms with E-state index in [4.69, 9.17) is 9.47 Å². The second kappa shape index (κ2) is 5.35. The Morgan fingerprint density at radius 2 is 1.65 bits per heavy atom. The minimum atomic E-state index is -0.141. The van der Waals surface area contributed by atoms with Crippen LogP contribution in [0.15, 0.2) is 12.1 Å². The minimum Gasteiger partial charge on any atom is -0.486 e. The third kappa shape index (κ3) is 2.27. The number of ether oxygens (including phenoxy) is 2. The van der Waals surface area contributed by atoms with Gasteiger partial charge in [-0.3, -0.25) is 4.79 Å². The van der Waals surface area contributed by atoms with Crippen LogP contribution in [0.4, 0.5) is 5.13 Å². The molecule has 2 aromatic rings. The molecule has 1 aromatic carbocycles. The van der Waals surface area contributed by atoms with E-state index >= 15 is 0 Å². The normalized spacial score (nSPS) is 34.2. The summed E-state index contributed by atoms with van der Waals surface area (Å²) in [5, 5.41) is 3.86. The van der Waals surface area contributed by atoms with Crippen molar-refractivity contribution in [1.82, 2.24) is 4.98 Å². The van der Waals surface area contributed by atoms with Gasteiger partial charge in [0.05, 0.1) is 15.6 Å². The summed E-state index contributed by atoms with van der Waals surface area (Å²) in [5.41, 5.74) is 0.720. The van der Waals surface area contributed by atoms with Crippen molar-refractivity contribution >= 4 is 32.6 Å². The maximum Gasteiger partial charge on any atom is 0.232 e. The van der Waals surface area contributed by atoms with Crippen LogP contribution >= 0.6 is 11.3 Å². The van der Waals surface area contributed by atoms with Gasteiger partial charge in [-0.05, 0) is 56.3 Å². The van der Waals surface area contributed by atoms with Gasteiger partial charge in [0.1, 0.15) is 13.2 Å². The molecule has 5 aliphatic rings. The molecule has 6 heteroatoms. The maximum atomic E-state index is 13.2. The highest BCUT2D eigenvalue weighted by molar-refractivity contribution is 7.22. The van der Waals surface area contributed by atoms with Gasteiger partial charge in [0.2, 0.25) is 5.91 Å². The molecule has 2 heterocycles. The number of fused-ring (bicyclic) bond motifs is 2. The zero-order chi connectivity index (χ0) is 17.3. The number of thiazole rings is 1. The fraction of sp³-hybridized carbons (Fsp3) is 0.600. The van der Waals surface area contributed by atoms with Crippen molar-refractivity contribution in [2.75, 3.05) is 18.5 Å². The number of aromatic nitrogens is 1. The third-order valence-corrected chi connectivity index (χ3v) is 7.73. The Kier molecular flexibility index (Phi) is 3.14. The van der Waals surface area contributed by atoms with Gasteiger partial charge in [0.15, 0.2) is 16.6 Å². The molecule has 26 heavy (non-hydrogen) atoms. The standard InChI is InChI=1S/C20H22N2O3S/c23-18(20-8-11-3-12(9-20)5-13(4-11)10-20)22-19-21-14-6-15-16(7-17(14)26-19)25-2-1-24-15/h6-7,11-13H,1-5,8-10H2,(H,21,22,23). The lowest BCUT2D eigenvalue weighted by molar-refractivity contribution is -0.140. The third-order valence-electron chi connectivity index (χ3n) is 6.79. The van der Waals surface area contributed by atoms with Crippen LogP contribution in [0, 0.1) is 23.2 Å². The molecule has 1 aliphatic heterocycles. The monoisotopic (exact) mass is 370 g/mol. The van der Waals surface area contributed by atoms with Crippen LogP contribution in [0.25, 0.3) is 10.2 Å². The Morgan fingerprint density at radius 3 is 2.31 bits per heavy atom. The molecular weight excluding hydrogens is 348 g/mol. The minimum absolute atomic E-state index is 0.141. The number of carbonyl (C=O) groups is 1. The number of hydrogen-bond acceptors (Lipinski definition) is 5. The molecule has 0 atom stereocenters. The lowest BCUT2D eigenvalue weighted by Gasteiger charge is -2.55. The molecule has 4 aliphatic carbocycles. The molecule has 4 bridgehead atoms. The first-order valence-electron chi connectivity index (χ1n) is 9.68. The molecule has 0 spiro atoms. The van der Waals surface area contributed by atoms with Crippen LogP contribution in [-0.2, 0) is 4.79 Å². The van der Waals surface area contributed by atoms with Crippen LogP contribution in [-0.4, -0.2) is 24.1 Å². The average molecular weight is 370 g/mol. The first-order chi connectivity index (χ1) is 12.7. The Labute approximate surface area is 156 Å². The summed E-state index contributed by atoms with van der Waals surface area (Å²) in [6, 6.07) is 3.89. The molecule has 136 valence electrons.